The zero-order chi connectivity index (χ0) is 19.2. The summed E-state index contributed by atoms with van der Waals surface area (Å²) in [6, 6.07) is 3.66. The van der Waals surface area contributed by atoms with Crippen molar-refractivity contribution >= 4 is 23.3 Å². The molecule has 0 spiro atoms. The third-order valence-electron chi connectivity index (χ3n) is 3.83. The molecule has 0 aliphatic carbocycles. The van der Waals surface area contributed by atoms with Crippen LogP contribution in [0.3, 0.4) is 0 Å². The molecule has 1 unspecified atom stereocenters. The number of aromatic nitrogens is 4. The topological polar surface area (TPSA) is 113 Å². The van der Waals surface area contributed by atoms with Gasteiger partial charge < -0.3 is 25.1 Å². The van der Waals surface area contributed by atoms with E-state index in [1.54, 1.807) is 6.07 Å². The molecular weight excluding hydrogens is 348 g/mol. The summed E-state index contributed by atoms with van der Waals surface area (Å²) in [5.41, 5.74) is 1.88. The van der Waals surface area contributed by atoms with E-state index in [0.717, 1.165) is 30.2 Å². The second-order valence-electron chi connectivity index (χ2n) is 6.75. The fourth-order valence-electron chi connectivity index (χ4n) is 2.48. The lowest BCUT2D eigenvalue weighted by atomic mass is 10.2. The summed E-state index contributed by atoms with van der Waals surface area (Å²) in [7, 11) is 3.99. The first-order valence-electron chi connectivity index (χ1n) is 8.87. The molecule has 3 rings (SSSR count). The standard InChI is InChI=1S/C17H26N8O2/c1-11-8-15(23-22-11)19-14-9-16(26-6-5-25(3)4)21-17(20-14)18-10-13-7-12(2)24-27-13/h8-9,13H,5-7,10H2,1-4H3,(H3,18,19,20,21,22,23). The molecule has 27 heavy (non-hydrogen) atoms. The van der Waals surface area contributed by atoms with E-state index < -0.39 is 0 Å². The Morgan fingerprint density at radius 3 is 2.81 bits per heavy atom. The summed E-state index contributed by atoms with van der Waals surface area (Å²) in [5, 5.41) is 17.4. The van der Waals surface area contributed by atoms with Crippen molar-refractivity contribution in [2.24, 2.45) is 5.16 Å². The van der Waals surface area contributed by atoms with Crippen molar-refractivity contribution in [1.82, 2.24) is 25.1 Å². The number of ether oxygens (including phenoxy) is 1. The van der Waals surface area contributed by atoms with Gasteiger partial charge in [0.05, 0.1) is 18.0 Å². The van der Waals surface area contributed by atoms with Gasteiger partial charge in [0, 0.05) is 25.1 Å². The van der Waals surface area contributed by atoms with Crippen LogP contribution in [-0.4, -0.2) is 70.7 Å². The molecule has 2 aromatic heterocycles. The van der Waals surface area contributed by atoms with Crippen LogP contribution in [0.4, 0.5) is 17.6 Å². The van der Waals surface area contributed by atoms with Crippen LogP contribution in [0, 0.1) is 6.92 Å². The van der Waals surface area contributed by atoms with Gasteiger partial charge in [0.25, 0.3) is 0 Å². The van der Waals surface area contributed by atoms with E-state index in [0.29, 0.717) is 30.8 Å². The van der Waals surface area contributed by atoms with Gasteiger partial charge in [-0.3, -0.25) is 5.10 Å². The fourth-order valence-corrected chi connectivity index (χ4v) is 2.48. The number of nitrogens with zero attached hydrogens (tertiary/aromatic N) is 5. The molecule has 3 heterocycles. The quantitative estimate of drug-likeness (QED) is 0.609. The number of aryl methyl sites for hydroxylation is 1. The van der Waals surface area contributed by atoms with E-state index in [9.17, 15) is 0 Å². The van der Waals surface area contributed by atoms with Gasteiger partial charge in [-0.15, -0.1) is 0 Å². The number of rotatable bonds is 9. The van der Waals surface area contributed by atoms with Crippen molar-refractivity contribution in [3.63, 3.8) is 0 Å². The Kier molecular flexibility index (Phi) is 6.07. The van der Waals surface area contributed by atoms with Crippen molar-refractivity contribution in [2.75, 3.05) is 44.4 Å². The van der Waals surface area contributed by atoms with Gasteiger partial charge in [-0.1, -0.05) is 5.16 Å². The molecule has 1 aliphatic heterocycles. The van der Waals surface area contributed by atoms with Crippen molar-refractivity contribution in [3.8, 4) is 5.88 Å². The van der Waals surface area contributed by atoms with Crippen LogP contribution in [0.2, 0.25) is 0 Å². The molecule has 0 radical (unpaired) electrons. The number of nitrogens with one attached hydrogen (secondary N) is 3. The second kappa shape index (κ2) is 8.67. The van der Waals surface area contributed by atoms with E-state index in [1.165, 1.54) is 0 Å². The molecule has 0 fully saturated rings. The van der Waals surface area contributed by atoms with Crippen molar-refractivity contribution < 1.29 is 9.57 Å². The molecule has 10 nitrogen and oxygen atoms in total. The number of anilines is 3. The molecule has 0 bridgehead atoms. The van der Waals surface area contributed by atoms with Crippen molar-refractivity contribution in [1.29, 1.82) is 0 Å². The Bertz CT molecular complexity index is 789. The Hall–Kier alpha value is -2.88. The fraction of sp³-hybridized carbons (Fsp3) is 0.529. The largest absolute Gasteiger partial charge is 0.476 e. The predicted octanol–water partition coefficient (Wildman–Crippen LogP) is 1.77. The first kappa shape index (κ1) is 18.9. The third kappa shape index (κ3) is 5.81. The van der Waals surface area contributed by atoms with Crippen LogP contribution in [0.5, 0.6) is 5.88 Å². The van der Waals surface area contributed by atoms with Gasteiger partial charge >= 0.3 is 0 Å². The molecule has 146 valence electrons. The Balaban J connectivity index is 1.68. The number of aromatic amines is 1. The molecule has 0 aromatic carbocycles. The van der Waals surface area contributed by atoms with Crippen LogP contribution in [0.25, 0.3) is 0 Å². The lowest BCUT2D eigenvalue weighted by Gasteiger charge is -2.14. The zero-order valence-corrected chi connectivity index (χ0v) is 16.1. The third-order valence-corrected chi connectivity index (χ3v) is 3.83. The zero-order valence-electron chi connectivity index (χ0n) is 16.1. The van der Waals surface area contributed by atoms with Gasteiger partial charge in [-0.25, -0.2) is 0 Å². The predicted molar refractivity (Wildman–Crippen MR) is 104 cm³/mol. The second-order valence-corrected chi connectivity index (χ2v) is 6.75. The monoisotopic (exact) mass is 374 g/mol. The normalized spacial score (nSPS) is 16.2. The number of likely N-dealkylation sites (N-methyl/N-ethyl adjacent to an activating group) is 1. The first-order chi connectivity index (χ1) is 13.0. The van der Waals surface area contributed by atoms with E-state index in [1.807, 2.05) is 38.9 Å². The number of H-pyrrole nitrogens is 1. The summed E-state index contributed by atoms with van der Waals surface area (Å²) < 4.78 is 5.78. The maximum absolute atomic E-state index is 5.78. The number of hydrogen-bond donors (Lipinski definition) is 3. The van der Waals surface area contributed by atoms with Gasteiger partial charge in [-0.05, 0) is 27.9 Å². The SMILES string of the molecule is CC1=NOC(CNc2nc(Nc3cc(C)n[nH]3)cc(OCCN(C)C)n2)C1. The molecular formula is C17H26N8O2. The summed E-state index contributed by atoms with van der Waals surface area (Å²) in [6.45, 7) is 5.75. The maximum atomic E-state index is 5.78. The average molecular weight is 374 g/mol. The Morgan fingerprint density at radius 1 is 1.30 bits per heavy atom. The summed E-state index contributed by atoms with van der Waals surface area (Å²) in [4.78, 5) is 16.3. The Labute approximate surface area is 158 Å². The molecule has 1 atom stereocenters. The van der Waals surface area contributed by atoms with Crippen LogP contribution < -0.4 is 15.4 Å². The van der Waals surface area contributed by atoms with Crippen molar-refractivity contribution in [3.05, 3.63) is 17.8 Å². The minimum Gasteiger partial charge on any atom is -0.476 e. The lowest BCUT2D eigenvalue weighted by Crippen LogP contribution is -2.22. The highest BCUT2D eigenvalue weighted by molar-refractivity contribution is 5.82. The summed E-state index contributed by atoms with van der Waals surface area (Å²) >= 11 is 0. The lowest BCUT2D eigenvalue weighted by molar-refractivity contribution is 0.0948. The molecule has 0 amide bonds. The minimum absolute atomic E-state index is 0.0152. The molecule has 0 saturated heterocycles. The number of hydrogen-bond acceptors (Lipinski definition) is 9. The highest BCUT2D eigenvalue weighted by atomic mass is 16.6. The van der Waals surface area contributed by atoms with Gasteiger partial charge in [0.1, 0.15) is 24.3 Å². The van der Waals surface area contributed by atoms with E-state index in [4.69, 9.17) is 9.57 Å². The molecule has 0 saturated carbocycles. The van der Waals surface area contributed by atoms with Gasteiger partial charge in [0.15, 0.2) is 0 Å². The van der Waals surface area contributed by atoms with Crippen LogP contribution >= 0.6 is 0 Å². The smallest absolute Gasteiger partial charge is 0.228 e. The maximum Gasteiger partial charge on any atom is 0.228 e. The highest BCUT2D eigenvalue weighted by Gasteiger charge is 2.18. The summed E-state index contributed by atoms with van der Waals surface area (Å²) in [5.74, 6) is 2.31. The average Bonchev–Trinajstić information content (AvgIpc) is 3.21. The number of oxime groups is 1. The molecule has 2 aromatic rings. The van der Waals surface area contributed by atoms with Crippen LogP contribution in [0.15, 0.2) is 17.3 Å². The molecule has 10 heteroatoms. The van der Waals surface area contributed by atoms with Crippen LogP contribution in [0.1, 0.15) is 19.0 Å². The van der Waals surface area contributed by atoms with Gasteiger partial charge in [-0.2, -0.15) is 15.1 Å². The van der Waals surface area contributed by atoms with Gasteiger partial charge in [0.2, 0.25) is 11.8 Å². The van der Waals surface area contributed by atoms with Crippen LogP contribution in [-0.2, 0) is 4.84 Å². The van der Waals surface area contributed by atoms with E-state index in [-0.39, 0.29) is 6.10 Å². The molecule has 3 N–H and O–H groups in total. The van der Waals surface area contributed by atoms with Crippen molar-refractivity contribution in [2.45, 2.75) is 26.4 Å². The first-order valence-corrected chi connectivity index (χ1v) is 8.87. The highest BCUT2D eigenvalue weighted by Crippen LogP contribution is 2.20. The molecule has 1 aliphatic rings. The summed E-state index contributed by atoms with van der Waals surface area (Å²) in [6.07, 6.45) is 0.781. The van der Waals surface area contributed by atoms with E-state index >= 15 is 0 Å². The van der Waals surface area contributed by atoms with E-state index in [2.05, 4.69) is 36.0 Å². The Morgan fingerprint density at radius 2 is 2.15 bits per heavy atom. The minimum atomic E-state index is -0.0152.